The van der Waals surface area contributed by atoms with Crippen molar-refractivity contribution in [1.29, 1.82) is 0 Å². The maximum Gasteiger partial charge on any atom is 0.290 e. The smallest absolute Gasteiger partial charge is 0.290 e. The predicted molar refractivity (Wildman–Crippen MR) is 114 cm³/mol. The van der Waals surface area contributed by atoms with Crippen LogP contribution in [-0.2, 0) is 11.2 Å². The lowest BCUT2D eigenvalue weighted by molar-refractivity contribution is -0.115. The molecule has 0 saturated carbocycles. The van der Waals surface area contributed by atoms with Gasteiger partial charge in [0.15, 0.2) is 11.5 Å². The lowest BCUT2D eigenvalue weighted by Crippen LogP contribution is -2.17. The molecule has 0 bridgehead atoms. The highest BCUT2D eigenvalue weighted by Crippen LogP contribution is 2.31. The SMILES string of the molecule is CCc1ccc(OCCCOc2ccc(C=C3SC(=O)NC3=O)cc2OC)cc1. The van der Waals surface area contributed by atoms with Crippen LogP contribution in [0.1, 0.15) is 24.5 Å². The van der Waals surface area contributed by atoms with Crippen LogP contribution in [0.4, 0.5) is 4.79 Å². The Hall–Kier alpha value is -2.93. The average Bonchev–Trinajstić information content (AvgIpc) is 3.05. The monoisotopic (exact) mass is 413 g/mol. The Morgan fingerprint density at radius 1 is 1.00 bits per heavy atom. The first-order chi connectivity index (χ1) is 14.1. The van der Waals surface area contributed by atoms with Crippen LogP contribution in [0.3, 0.4) is 0 Å². The molecule has 2 amide bonds. The lowest BCUT2D eigenvalue weighted by Gasteiger charge is -2.12. The molecule has 1 saturated heterocycles. The van der Waals surface area contributed by atoms with Gasteiger partial charge in [-0.25, -0.2) is 0 Å². The number of methoxy groups -OCH3 is 1. The predicted octanol–water partition coefficient (Wildman–Crippen LogP) is 4.43. The van der Waals surface area contributed by atoms with Gasteiger partial charge in [-0.05, 0) is 59.7 Å². The van der Waals surface area contributed by atoms with Gasteiger partial charge in [-0.1, -0.05) is 25.1 Å². The van der Waals surface area contributed by atoms with Crippen molar-refractivity contribution in [3.63, 3.8) is 0 Å². The number of rotatable bonds is 9. The largest absolute Gasteiger partial charge is 0.493 e. The molecule has 0 aromatic heterocycles. The van der Waals surface area contributed by atoms with Gasteiger partial charge in [0, 0.05) is 6.42 Å². The van der Waals surface area contributed by atoms with Crippen molar-refractivity contribution in [3.8, 4) is 17.2 Å². The number of hydrogen-bond donors (Lipinski definition) is 1. The number of hydrogen-bond acceptors (Lipinski definition) is 6. The Labute approximate surface area is 174 Å². The van der Waals surface area contributed by atoms with Crippen LogP contribution in [0.15, 0.2) is 47.4 Å². The first-order valence-corrected chi connectivity index (χ1v) is 10.2. The molecule has 6 nitrogen and oxygen atoms in total. The number of ether oxygens (including phenoxy) is 3. The van der Waals surface area contributed by atoms with Gasteiger partial charge in [-0.3, -0.25) is 14.9 Å². The Balaban J connectivity index is 1.51. The van der Waals surface area contributed by atoms with Gasteiger partial charge in [-0.2, -0.15) is 0 Å². The minimum Gasteiger partial charge on any atom is -0.493 e. The number of carbonyl (C=O) groups excluding carboxylic acids is 2. The number of aryl methyl sites for hydroxylation is 1. The van der Waals surface area contributed by atoms with Crippen molar-refractivity contribution in [1.82, 2.24) is 5.32 Å². The molecule has 0 atom stereocenters. The summed E-state index contributed by atoms with van der Waals surface area (Å²) in [7, 11) is 1.56. The normalized spacial score (nSPS) is 14.8. The third-order valence-corrected chi connectivity index (χ3v) is 5.08. The van der Waals surface area contributed by atoms with Crippen molar-refractivity contribution in [2.75, 3.05) is 20.3 Å². The minimum absolute atomic E-state index is 0.356. The van der Waals surface area contributed by atoms with Crippen molar-refractivity contribution in [3.05, 3.63) is 58.5 Å². The zero-order chi connectivity index (χ0) is 20.6. The van der Waals surface area contributed by atoms with E-state index in [9.17, 15) is 9.59 Å². The summed E-state index contributed by atoms with van der Waals surface area (Å²) in [6.07, 6.45) is 3.38. The number of amides is 2. The Kier molecular flexibility index (Phi) is 7.19. The van der Waals surface area contributed by atoms with Crippen molar-refractivity contribution < 1.29 is 23.8 Å². The van der Waals surface area contributed by atoms with Crippen molar-refractivity contribution in [2.24, 2.45) is 0 Å². The standard InChI is InChI=1S/C22H23NO5S/c1-3-15-5-8-17(9-6-15)27-11-4-12-28-18-10-7-16(13-19(18)26-2)14-20-21(24)23-22(25)29-20/h5-10,13-14H,3-4,11-12H2,1-2H3,(H,23,24,25). The van der Waals surface area contributed by atoms with Gasteiger partial charge in [0.1, 0.15) is 5.75 Å². The van der Waals surface area contributed by atoms with Gasteiger partial charge in [-0.15, -0.1) is 0 Å². The second-order valence-corrected chi connectivity index (χ2v) is 7.33. The number of benzene rings is 2. The molecule has 0 aliphatic carbocycles. The molecule has 1 heterocycles. The fourth-order valence-corrected chi connectivity index (χ4v) is 3.40. The fraction of sp³-hybridized carbons (Fsp3) is 0.273. The summed E-state index contributed by atoms with van der Waals surface area (Å²) >= 11 is 0.881. The average molecular weight is 413 g/mol. The van der Waals surface area contributed by atoms with E-state index < -0.39 is 0 Å². The maximum atomic E-state index is 11.7. The summed E-state index contributed by atoms with van der Waals surface area (Å²) in [4.78, 5) is 23.3. The van der Waals surface area contributed by atoms with Crippen LogP contribution >= 0.6 is 11.8 Å². The third kappa shape index (κ3) is 5.77. The number of thioether (sulfide) groups is 1. The highest BCUT2D eigenvalue weighted by Gasteiger charge is 2.25. The van der Waals surface area contributed by atoms with Crippen molar-refractivity contribution in [2.45, 2.75) is 19.8 Å². The first kappa shape index (κ1) is 20.8. The van der Waals surface area contributed by atoms with Gasteiger partial charge in [0.25, 0.3) is 11.1 Å². The summed E-state index contributed by atoms with van der Waals surface area (Å²) < 4.78 is 16.9. The molecule has 2 aromatic carbocycles. The quantitative estimate of drug-likeness (QED) is 0.484. The van der Waals surface area contributed by atoms with E-state index in [2.05, 4.69) is 24.4 Å². The summed E-state index contributed by atoms with van der Waals surface area (Å²) in [5.41, 5.74) is 2.03. The second kappa shape index (κ2) is 10.0. The molecule has 2 aromatic rings. The Morgan fingerprint density at radius 3 is 2.41 bits per heavy atom. The van der Waals surface area contributed by atoms with Gasteiger partial charge in [0.05, 0.1) is 25.2 Å². The summed E-state index contributed by atoms with van der Waals surface area (Å²) in [5, 5.41) is 1.87. The summed E-state index contributed by atoms with van der Waals surface area (Å²) in [6, 6.07) is 13.5. The fourth-order valence-electron chi connectivity index (χ4n) is 2.72. The topological polar surface area (TPSA) is 73.9 Å². The van der Waals surface area contributed by atoms with Gasteiger partial charge < -0.3 is 14.2 Å². The molecule has 1 aliphatic heterocycles. The van der Waals surface area contributed by atoms with Crippen molar-refractivity contribution >= 4 is 29.0 Å². The molecule has 0 spiro atoms. The highest BCUT2D eigenvalue weighted by molar-refractivity contribution is 8.18. The highest BCUT2D eigenvalue weighted by atomic mass is 32.2. The van der Waals surface area contributed by atoms with Gasteiger partial charge >= 0.3 is 0 Å². The van der Waals surface area contributed by atoms with E-state index in [-0.39, 0.29) is 11.1 Å². The van der Waals surface area contributed by atoms with E-state index in [1.165, 1.54) is 5.56 Å². The zero-order valence-electron chi connectivity index (χ0n) is 16.4. The van der Waals surface area contributed by atoms with Crippen LogP contribution in [0, 0.1) is 0 Å². The van der Waals surface area contributed by atoms with Crippen LogP contribution in [0.2, 0.25) is 0 Å². The Morgan fingerprint density at radius 2 is 1.76 bits per heavy atom. The molecule has 0 unspecified atom stereocenters. The van der Waals surface area contributed by atoms with Crippen LogP contribution in [0.25, 0.3) is 6.08 Å². The molecule has 152 valence electrons. The molecule has 29 heavy (non-hydrogen) atoms. The molecule has 7 heteroatoms. The van der Waals surface area contributed by atoms with Crippen LogP contribution in [-0.4, -0.2) is 31.5 Å². The molecular weight excluding hydrogens is 390 g/mol. The number of carbonyl (C=O) groups is 2. The van der Waals surface area contributed by atoms with Gasteiger partial charge in [0.2, 0.25) is 0 Å². The van der Waals surface area contributed by atoms with E-state index in [1.54, 1.807) is 25.3 Å². The molecule has 3 rings (SSSR count). The first-order valence-electron chi connectivity index (χ1n) is 9.36. The van der Waals surface area contributed by atoms with E-state index in [0.717, 1.165) is 35.9 Å². The molecule has 1 N–H and O–H groups in total. The van der Waals surface area contributed by atoms with Crippen LogP contribution < -0.4 is 19.5 Å². The Bertz CT molecular complexity index is 908. The molecular formula is C22H23NO5S. The summed E-state index contributed by atoms with van der Waals surface area (Å²) in [5.74, 6) is 1.64. The lowest BCUT2D eigenvalue weighted by atomic mass is 10.2. The minimum atomic E-state index is -0.386. The van der Waals surface area contributed by atoms with E-state index in [0.29, 0.717) is 29.6 Å². The molecule has 0 radical (unpaired) electrons. The second-order valence-electron chi connectivity index (χ2n) is 6.31. The third-order valence-electron chi connectivity index (χ3n) is 4.27. The van der Waals surface area contributed by atoms with E-state index >= 15 is 0 Å². The van der Waals surface area contributed by atoms with Crippen LogP contribution in [0.5, 0.6) is 17.2 Å². The maximum absolute atomic E-state index is 11.7. The summed E-state index contributed by atoms with van der Waals surface area (Å²) in [6.45, 7) is 3.16. The van der Waals surface area contributed by atoms with E-state index in [4.69, 9.17) is 14.2 Å². The number of imide groups is 1. The molecule has 1 aliphatic rings. The molecule has 1 fully saturated rings. The number of nitrogens with one attached hydrogen (secondary N) is 1. The van der Waals surface area contributed by atoms with E-state index in [1.807, 2.05) is 18.2 Å². The zero-order valence-corrected chi connectivity index (χ0v) is 17.2.